The molecule has 2 aliphatic rings. The second-order valence-electron chi connectivity index (χ2n) is 8.09. The van der Waals surface area contributed by atoms with Gasteiger partial charge in [-0.05, 0) is 68.4 Å². The van der Waals surface area contributed by atoms with Crippen LogP contribution in [0, 0.1) is 11.8 Å². The number of hydrogen-bond acceptors (Lipinski definition) is 6. The van der Waals surface area contributed by atoms with Crippen LogP contribution in [0.25, 0.3) is 10.8 Å². The minimum Gasteiger partial charge on any atom is -0.410 e. The summed E-state index contributed by atoms with van der Waals surface area (Å²) >= 11 is 3.09. The Bertz CT molecular complexity index is 793. The standard InChI is InChI=1S/C20H27N3O2S2/c1-12-3-6-15(7-4-12)21-18(24)11-26-20-23-22-19(25-20)17-10-14-9-13(2)5-8-16(14)27-17/h10,12-13,15H,3-9,11H2,1-2H3,(H,21,24)/t12?,13-,15?/m0/s1. The molecule has 2 aromatic rings. The van der Waals surface area contributed by atoms with E-state index >= 15 is 0 Å². The van der Waals surface area contributed by atoms with Gasteiger partial charge in [-0.2, -0.15) is 0 Å². The Morgan fingerprint density at radius 2 is 2.04 bits per heavy atom. The summed E-state index contributed by atoms with van der Waals surface area (Å²) in [5.41, 5.74) is 1.43. The SMILES string of the molecule is CC1CCC(NC(=O)CSc2nnc(-c3cc4c(s3)CC[C@H](C)C4)o2)CC1. The molecule has 0 radical (unpaired) electrons. The Labute approximate surface area is 168 Å². The zero-order chi connectivity index (χ0) is 18.8. The van der Waals surface area contributed by atoms with E-state index in [1.807, 2.05) is 0 Å². The molecule has 2 aromatic heterocycles. The van der Waals surface area contributed by atoms with Crippen molar-refractivity contribution >= 4 is 29.0 Å². The van der Waals surface area contributed by atoms with Crippen LogP contribution >= 0.6 is 23.1 Å². The highest BCUT2D eigenvalue weighted by Gasteiger charge is 2.22. The third-order valence-electron chi connectivity index (χ3n) is 5.65. The zero-order valence-corrected chi connectivity index (χ0v) is 17.6. The quantitative estimate of drug-likeness (QED) is 0.730. The Morgan fingerprint density at radius 3 is 2.85 bits per heavy atom. The van der Waals surface area contributed by atoms with Crippen LogP contribution in [0.3, 0.4) is 0 Å². The van der Waals surface area contributed by atoms with Crippen LogP contribution in [0.15, 0.2) is 15.7 Å². The number of thioether (sulfide) groups is 1. The first kappa shape index (κ1) is 19.0. The molecule has 0 aromatic carbocycles. The van der Waals surface area contributed by atoms with Crippen LogP contribution in [0.1, 0.15) is 56.4 Å². The van der Waals surface area contributed by atoms with E-state index in [0.29, 0.717) is 22.9 Å². The Morgan fingerprint density at radius 1 is 1.22 bits per heavy atom. The maximum absolute atomic E-state index is 12.2. The van der Waals surface area contributed by atoms with Crippen molar-refractivity contribution in [2.24, 2.45) is 11.8 Å². The number of nitrogens with one attached hydrogen (secondary N) is 1. The van der Waals surface area contributed by atoms with Crippen molar-refractivity contribution in [1.29, 1.82) is 0 Å². The van der Waals surface area contributed by atoms with Gasteiger partial charge in [-0.3, -0.25) is 4.79 Å². The molecule has 0 aliphatic heterocycles. The molecule has 1 amide bonds. The van der Waals surface area contributed by atoms with Crippen molar-refractivity contribution in [1.82, 2.24) is 15.5 Å². The number of aromatic nitrogens is 2. The molecule has 27 heavy (non-hydrogen) atoms. The number of rotatable bonds is 5. The summed E-state index contributed by atoms with van der Waals surface area (Å²) in [5.74, 6) is 2.49. The van der Waals surface area contributed by atoms with Gasteiger partial charge in [0.1, 0.15) is 0 Å². The van der Waals surface area contributed by atoms with Gasteiger partial charge in [0.15, 0.2) is 0 Å². The number of hydrogen-bond donors (Lipinski definition) is 1. The lowest BCUT2D eigenvalue weighted by Gasteiger charge is -2.26. The highest BCUT2D eigenvalue weighted by molar-refractivity contribution is 7.99. The maximum Gasteiger partial charge on any atom is 0.277 e. The van der Waals surface area contributed by atoms with E-state index in [2.05, 4.69) is 35.4 Å². The first-order chi connectivity index (χ1) is 13.1. The molecule has 0 saturated heterocycles. The molecule has 146 valence electrons. The number of carbonyl (C=O) groups excluding carboxylic acids is 1. The van der Waals surface area contributed by atoms with Gasteiger partial charge in [-0.15, -0.1) is 21.5 Å². The van der Waals surface area contributed by atoms with Gasteiger partial charge in [0.05, 0.1) is 10.6 Å². The number of nitrogens with zero attached hydrogens (tertiary/aromatic N) is 2. The van der Waals surface area contributed by atoms with E-state index in [9.17, 15) is 4.79 Å². The summed E-state index contributed by atoms with van der Waals surface area (Å²) < 4.78 is 5.80. The monoisotopic (exact) mass is 405 g/mol. The maximum atomic E-state index is 12.2. The number of fused-ring (bicyclic) bond motifs is 1. The largest absolute Gasteiger partial charge is 0.410 e. The van der Waals surface area contributed by atoms with Gasteiger partial charge in [-0.1, -0.05) is 25.6 Å². The number of aryl methyl sites for hydroxylation is 1. The first-order valence-electron chi connectivity index (χ1n) is 9.94. The second-order valence-corrected chi connectivity index (χ2v) is 10.2. The molecule has 0 spiro atoms. The summed E-state index contributed by atoms with van der Waals surface area (Å²) in [6, 6.07) is 2.53. The van der Waals surface area contributed by atoms with Gasteiger partial charge in [0.2, 0.25) is 5.91 Å². The van der Waals surface area contributed by atoms with E-state index in [-0.39, 0.29) is 5.91 Å². The van der Waals surface area contributed by atoms with E-state index in [1.165, 1.54) is 41.5 Å². The Hall–Kier alpha value is -1.34. The lowest BCUT2D eigenvalue weighted by molar-refractivity contribution is -0.119. The van der Waals surface area contributed by atoms with Crippen LogP contribution in [0.2, 0.25) is 0 Å². The van der Waals surface area contributed by atoms with E-state index < -0.39 is 0 Å². The number of carbonyl (C=O) groups is 1. The predicted octanol–water partition coefficient (Wildman–Crippen LogP) is 4.71. The average Bonchev–Trinajstić information content (AvgIpc) is 3.28. The molecule has 2 heterocycles. The van der Waals surface area contributed by atoms with E-state index in [0.717, 1.165) is 42.4 Å². The van der Waals surface area contributed by atoms with Gasteiger partial charge in [0, 0.05) is 10.9 Å². The van der Waals surface area contributed by atoms with Crippen molar-refractivity contribution in [2.45, 2.75) is 70.1 Å². The molecule has 1 fully saturated rings. The van der Waals surface area contributed by atoms with Crippen molar-refractivity contribution in [3.05, 3.63) is 16.5 Å². The fraction of sp³-hybridized carbons (Fsp3) is 0.650. The lowest BCUT2D eigenvalue weighted by Crippen LogP contribution is -2.38. The predicted molar refractivity (Wildman–Crippen MR) is 109 cm³/mol. The van der Waals surface area contributed by atoms with E-state index in [4.69, 9.17) is 4.42 Å². The minimum absolute atomic E-state index is 0.0554. The molecule has 1 atom stereocenters. The second kappa shape index (κ2) is 8.35. The highest BCUT2D eigenvalue weighted by atomic mass is 32.2. The molecule has 2 aliphatic carbocycles. The normalized spacial score (nSPS) is 25.2. The van der Waals surface area contributed by atoms with Crippen LogP contribution in [0.4, 0.5) is 0 Å². The van der Waals surface area contributed by atoms with Crippen molar-refractivity contribution in [2.75, 3.05) is 5.75 Å². The fourth-order valence-corrected chi connectivity index (χ4v) is 5.68. The summed E-state index contributed by atoms with van der Waals surface area (Å²) in [6.45, 7) is 4.59. The lowest BCUT2D eigenvalue weighted by atomic mass is 9.87. The Balaban J connectivity index is 1.30. The molecule has 5 nitrogen and oxygen atoms in total. The molecular weight excluding hydrogens is 378 g/mol. The molecule has 4 rings (SSSR count). The van der Waals surface area contributed by atoms with Crippen molar-refractivity contribution in [3.63, 3.8) is 0 Å². The molecule has 0 bridgehead atoms. The molecule has 1 saturated carbocycles. The van der Waals surface area contributed by atoms with Crippen molar-refractivity contribution in [3.8, 4) is 10.8 Å². The first-order valence-corrected chi connectivity index (χ1v) is 11.7. The van der Waals surface area contributed by atoms with Crippen molar-refractivity contribution < 1.29 is 9.21 Å². The topological polar surface area (TPSA) is 68.0 Å². The summed E-state index contributed by atoms with van der Waals surface area (Å²) in [6.07, 6.45) is 8.13. The highest BCUT2D eigenvalue weighted by Crippen LogP contribution is 2.37. The number of amides is 1. The van der Waals surface area contributed by atoms with Crippen LogP contribution in [-0.2, 0) is 17.6 Å². The fourth-order valence-electron chi connectivity index (χ4n) is 3.98. The molecule has 0 unspecified atom stereocenters. The minimum atomic E-state index is 0.0554. The van der Waals surface area contributed by atoms with Gasteiger partial charge < -0.3 is 9.73 Å². The molecular formula is C20H27N3O2S2. The van der Waals surface area contributed by atoms with E-state index in [1.54, 1.807) is 11.3 Å². The molecule has 7 heteroatoms. The van der Waals surface area contributed by atoms with Crippen LogP contribution < -0.4 is 5.32 Å². The average molecular weight is 406 g/mol. The summed E-state index contributed by atoms with van der Waals surface area (Å²) in [7, 11) is 0. The van der Waals surface area contributed by atoms with Gasteiger partial charge in [0.25, 0.3) is 11.1 Å². The van der Waals surface area contributed by atoms with Crippen LogP contribution in [0.5, 0.6) is 0 Å². The van der Waals surface area contributed by atoms with Gasteiger partial charge in [-0.25, -0.2) is 0 Å². The summed E-state index contributed by atoms with van der Waals surface area (Å²) in [4.78, 5) is 14.7. The summed E-state index contributed by atoms with van der Waals surface area (Å²) in [5, 5.41) is 11.9. The third-order valence-corrected chi connectivity index (χ3v) is 7.70. The zero-order valence-electron chi connectivity index (χ0n) is 16.0. The molecule has 1 N–H and O–H groups in total. The smallest absolute Gasteiger partial charge is 0.277 e. The van der Waals surface area contributed by atoms with Crippen LogP contribution in [-0.4, -0.2) is 27.9 Å². The Kier molecular flexibility index (Phi) is 5.88. The number of thiophene rings is 1. The third kappa shape index (κ3) is 4.74. The van der Waals surface area contributed by atoms with Gasteiger partial charge >= 0.3 is 0 Å².